The van der Waals surface area contributed by atoms with Gasteiger partial charge in [-0.3, -0.25) is 0 Å². The highest BCUT2D eigenvalue weighted by atomic mass is 16.5. The fourth-order valence-electron chi connectivity index (χ4n) is 2.13. The van der Waals surface area contributed by atoms with E-state index in [4.69, 9.17) is 13.9 Å². The first-order valence-electron chi connectivity index (χ1n) is 8.36. The lowest BCUT2D eigenvalue weighted by molar-refractivity contribution is -0.147. The Morgan fingerprint density at radius 3 is 2.04 bits per heavy atom. The first-order chi connectivity index (χ1) is 11.5. The molecule has 0 aliphatic heterocycles. The number of benzene rings is 1. The summed E-state index contributed by atoms with van der Waals surface area (Å²) >= 11 is 0. The first-order valence-corrected chi connectivity index (χ1v) is 8.36. The Hall–Kier alpha value is -1.85. The minimum Gasteiger partial charge on any atom is -0.507 e. The molecule has 0 aliphatic carbocycles. The third-order valence-electron chi connectivity index (χ3n) is 4.95. The molecule has 0 bridgehead atoms. The number of ether oxygens (including phenoxy) is 2. The van der Waals surface area contributed by atoms with Crippen LogP contribution in [-0.4, -0.2) is 30.5 Å². The molecule has 140 valence electrons. The molecule has 1 aromatic carbocycles. The largest absolute Gasteiger partial charge is 0.507 e. The van der Waals surface area contributed by atoms with Crippen LogP contribution in [0.4, 0.5) is 0 Å². The highest BCUT2D eigenvalue weighted by Crippen LogP contribution is 2.27. The maximum atomic E-state index is 11.5. The molecule has 0 saturated carbocycles. The maximum absolute atomic E-state index is 11.5. The normalized spacial score (nSPS) is 12.0. The van der Waals surface area contributed by atoms with Gasteiger partial charge in [0.25, 0.3) is 0 Å². The molecule has 0 fully saturated rings. The van der Waals surface area contributed by atoms with Crippen molar-refractivity contribution in [2.45, 2.75) is 59.2 Å². The van der Waals surface area contributed by atoms with Crippen molar-refractivity contribution in [1.29, 1.82) is 0 Å². The van der Waals surface area contributed by atoms with Crippen molar-refractivity contribution in [2.24, 2.45) is 0 Å². The van der Waals surface area contributed by atoms with Gasteiger partial charge in [-0.1, -0.05) is 13.0 Å². The van der Waals surface area contributed by atoms with Crippen molar-refractivity contribution in [3.63, 3.8) is 0 Å². The highest BCUT2D eigenvalue weighted by molar-refractivity contribution is 5.84. The van der Waals surface area contributed by atoms with Gasteiger partial charge in [0.2, 0.25) is 0 Å². The quantitative estimate of drug-likeness (QED) is 0.837. The van der Waals surface area contributed by atoms with Crippen LogP contribution in [0, 0.1) is 6.92 Å². The number of methoxy groups -OCH3 is 2. The smallest absolute Gasteiger partial charge is 0.343 e. The van der Waals surface area contributed by atoms with Crippen LogP contribution < -0.4 is 5.63 Å². The number of hydrogen-bond donors (Lipinski definition) is 1. The third kappa shape index (κ3) is 4.61. The van der Waals surface area contributed by atoms with Gasteiger partial charge in [0, 0.05) is 14.2 Å². The van der Waals surface area contributed by atoms with Crippen molar-refractivity contribution in [3.8, 4) is 5.75 Å². The van der Waals surface area contributed by atoms with E-state index in [1.165, 1.54) is 0 Å². The minimum atomic E-state index is -0.451. The Kier molecular flexibility index (Phi) is 6.80. The van der Waals surface area contributed by atoms with Crippen molar-refractivity contribution in [2.75, 3.05) is 14.2 Å². The Labute approximate surface area is 149 Å². The molecule has 2 aromatic rings. The average molecular weight is 350 g/mol. The van der Waals surface area contributed by atoms with Gasteiger partial charge in [0.1, 0.15) is 11.3 Å². The van der Waals surface area contributed by atoms with E-state index in [1.807, 2.05) is 47.6 Å². The Balaban J connectivity index is 0.000000275. The monoisotopic (exact) mass is 350 g/mol. The van der Waals surface area contributed by atoms with Gasteiger partial charge in [-0.2, -0.15) is 0 Å². The molecule has 5 heteroatoms. The second-order valence-electron chi connectivity index (χ2n) is 7.00. The molecule has 0 saturated heterocycles. The van der Waals surface area contributed by atoms with Crippen LogP contribution in [0.3, 0.4) is 0 Å². The molecule has 2 rings (SSSR count). The minimum absolute atomic E-state index is 0.0451. The van der Waals surface area contributed by atoms with Gasteiger partial charge >= 0.3 is 5.63 Å². The summed E-state index contributed by atoms with van der Waals surface area (Å²) in [4.78, 5) is 11.5. The van der Waals surface area contributed by atoms with Crippen molar-refractivity contribution >= 4 is 11.0 Å². The zero-order valence-corrected chi connectivity index (χ0v) is 16.5. The summed E-state index contributed by atoms with van der Waals surface area (Å²) in [5, 5.41) is 10.5. The molecule has 1 N–H and O–H groups in total. The van der Waals surface area contributed by atoms with E-state index in [1.54, 1.807) is 26.4 Å². The predicted molar refractivity (Wildman–Crippen MR) is 100 cm³/mol. The summed E-state index contributed by atoms with van der Waals surface area (Å²) in [6, 6.07) is 5.39. The SMILES string of the molecule is CCc1c(O)c2ccc(C)cc2oc1=O.COC(C)(C)C(C)(C)OC. The first kappa shape index (κ1) is 21.2. The zero-order chi connectivity index (χ0) is 19.4. The van der Waals surface area contributed by atoms with E-state index >= 15 is 0 Å². The number of fused-ring (bicyclic) bond motifs is 1. The zero-order valence-electron chi connectivity index (χ0n) is 16.5. The molecule has 0 unspecified atom stereocenters. The summed E-state index contributed by atoms with van der Waals surface area (Å²) in [7, 11) is 3.39. The van der Waals surface area contributed by atoms with Gasteiger partial charge in [-0.15, -0.1) is 0 Å². The van der Waals surface area contributed by atoms with Crippen LogP contribution in [0.2, 0.25) is 0 Å². The van der Waals surface area contributed by atoms with Gasteiger partial charge < -0.3 is 19.0 Å². The molecule has 0 spiro atoms. The van der Waals surface area contributed by atoms with E-state index in [2.05, 4.69) is 0 Å². The Morgan fingerprint density at radius 1 is 1.08 bits per heavy atom. The fraction of sp³-hybridized carbons (Fsp3) is 0.550. The molecule has 5 nitrogen and oxygen atoms in total. The molecule has 0 aliphatic rings. The van der Waals surface area contributed by atoms with Gasteiger partial charge in [-0.25, -0.2) is 4.79 Å². The fourth-order valence-corrected chi connectivity index (χ4v) is 2.13. The van der Waals surface area contributed by atoms with Gasteiger partial charge in [0.15, 0.2) is 0 Å². The Morgan fingerprint density at radius 2 is 1.60 bits per heavy atom. The van der Waals surface area contributed by atoms with Gasteiger partial charge in [0.05, 0.1) is 22.2 Å². The van der Waals surface area contributed by atoms with Gasteiger partial charge in [-0.05, 0) is 58.7 Å². The topological polar surface area (TPSA) is 68.9 Å². The third-order valence-corrected chi connectivity index (χ3v) is 4.95. The number of aromatic hydroxyl groups is 1. The van der Waals surface area contributed by atoms with E-state index < -0.39 is 5.63 Å². The second-order valence-corrected chi connectivity index (χ2v) is 7.00. The summed E-state index contributed by atoms with van der Waals surface area (Å²) in [5.41, 5.74) is 0.854. The lowest BCUT2D eigenvalue weighted by Gasteiger charge is -2.38. The number of rotatable bonds is 4. The average Bonchev–Trinajstić information content (AvgIpc) is 2.55. The lowest BCUT2D eigenvalue weighted by atomic mass is 9.89. The highest BCUT2D eigenvalue weighted by Gasteiger charge is 2.36. The molecule has 0 atom stereocenters. The van der Waals surface area contributed by atoms with E-state index in [0.717, 1.165) is 5.56 Å². The van der Waals surface area contributed by atoms with Crippen LogP contribution in [0.15, 0.2) is 27.4 Å². The summed E-state index contributed by atoms with van der Waals surface area (Å²) in [6.07, 6.45) is 0.470. The van der Waals surface area contributed by atoms with Crippen molar-refractivity contribution < 1.29 is 19.0 Å². The molecule has 0 radical (unpaired) electrons. The van der Waals surface area contributed by atoms with Crippen LogP contribution >= 0.6 is 0 Å². The molecule has 0 amide bonds. The van der Waals surface area contributed by atoms with Crippen molar-refractivity contribution in [3.05, 3.63) is 39.7 Å². The molecular formula is C20H30O5. The van der Waals surface area contributed by atoms with E-state index in [9.17, 15) is 9.90 Å². The van der Waals surface area contributed by atoms with Crippen molar-refractivity contribution in [1.82, 2.24) is 0 Å². The molecular weight excluding hydrogens is 320 g/mol. The molecule has 1 heterocycles. The van der Waals surface area contributed by atoms with Crippen LogP contribution in [0.1, 0.15) is 45.7 Å². The van der Waals surface area contributed by atoms with Crippen LogP contribution in [-0.2, 0) is 15.9 Å². The van der Waals surface area contributed by atoms with Crippen LogP contribution in [0.25, 0.3) is 11.0 Å². The predicted octanol–water partition coefficient (Wildman–Crippen LogP) is 4.21. The standard InChI is InChI=1S/C12H12O3.C8H18O2/c1-3-8-11(13)9-5-4-7(2)6-10(9)15-12(8)14;1-7(2,9-5)8(3,4)10-6/h4-6,13H,3H2,1-2H3;1-6H3. The van der Waals surface area contributed by atoms with E-state index in [0.29, 0.717) is 23.0 Å². The second kappa shape index (κ2) is 8.02. The Bertz CT molecular complexity index is 757. The molecule has 25 heavy (non-hydrogen) atoms. The number of hydrogen-bond acceptors (Lipinski definition) is 5. The lowest BCUT2D eigenvalue weighted by Crippen LogP contribution is -2.48. The van der Waals surface area contributed by atoms with E-state index in [-0.39, 0.29) is 17.0 Å². The summed E-state index contributed by atoms with van der Waals surface area (Å²) < 4.78 is 15.7. The summed E-state index contributed by atoms with van der Waals surface area (Å²) in [6.45, 7) is 11.8. The number of aryl methyl sites for hydroxylation is 1. The van der Waals surface area contributed by atoms with Crippen LogP contribution in [0.5, 0.6) is 5.75 Å². The summed E-state index contributed by atoms with van der Waals surface area (Å²) in [5.74, 6) is 0.0451. The molecule has 1 aromatic heterocycles. The maximum Gasteiger partial charge on any atom is 0.343 e.